The minimum absolute atomic E-state index is 0.0112. The van der Waals surface area contributed by atoms with Crippen molar-refractivity contribution in [2.45, 2.75) is 83.2 Å². The number of esters is 1. The molecule has 5 nitrogen and oxygen atoms in total. The van der Waals surface area contributed by atoms with Crippen LogP contribution in [0.4, 0.5) is 23.2 Å². The quantitative estimate of drug-likeness (QED) is 0.132. The fourth-order valence-corrected chi connectivity index (χ4v) is 4.64. The van der Waals surface area contributed by atoms with Gasteiger partial charge in [0.2, 0.25) is 0 Å². The predicted octanol–water partition coefficient (Wildman–Crippen LogP) is 7.86. The molecular weight excluding hydrogens is 534 g/mol. The first-order chi connectivity index (χ1) is 17.3. The van der Waals surface area contributed by atoms with Crippen molar-refractivity contribution in [3.63, 3.8) is 0 Å². The number of amides is 1. The molecule has 1 aliphatic rings. The third-order valence-corrected chi connectivity index (χ3v) is 6.95. The lowest BCUT2D eigenvalue weighted by molar-refractivity contribution is -0.145. The van der Waals surface area contributed by atoms with Gasteiger partial charge in [-0.05, 0) is 52.2 Å². The molecule has 0 radical (unpaired) electrons. The predicted molar refractivity (Wildman–Crippen MR) is 139 cm³/mol. The van der Waals surface area contributed by atoms with Gasteiger partial charge < -0.3 is 9.47 Å². The minimum Gasteiger partial charge on any atom is -0.462 e. The fraction of sp³-hybridized carbons (Fsp3) is 0.538. The summed E-state index contributed by atoms with van der Waals surface area (Å²) in [5.74, 6) is -2.50. The number of rotatable bonds is 9. The Morgan fingerprint density at radius 3 is 2.41 bits per heavy atom. The summed E-state index contributed by atoms with van der Waals surface area (Å²) >= 11 is 7.15. The van der Waals surface area contributed by atoms with E-state index in [1.54, 1.807) is 6.92 Å². The van der Waals surface area contributed by atoms with Crippen molar-refractivity contribution >= 4 is 40.9 Å². The fourth-order valence-electron chi connectivity index (χ4n) is 3.46. The van der Waals surface area contributed by atoms with E-state index in [1.165, 1.54) is 19.9 Å². The number of ether oxygens (including phenoxy) is 2. The van der Waals surface area contributed by atoms with Crippen LogP contribution in [0.1, 0.15) is 60.8 Å². The van der Waals surface area contributed by atoms with Gasteiger partial charge in [0, 0.05) is 28.3 Å². The van der Waals surface area contributed by atoms with E-state index in [0.717, 1.165) is 42.5 Å². The normalized spacial score (nSPS) is 16.8. The minimum atomic E-state index is -4.72. The number of alkyl halides is 3. The molecule has 2 rings (SSSR count). The SMILES string of the molecule is C=C(C)N(C(=O)/C(CC)=C(\C)C(F)(F)F)c1cc(SC(C)C(=O)OCC2CCCO2)c(Cl)cc1F.CC. The number of carbonyl (C=O) groups is 2. The van der Waals surface area contributed by atoms with E-state index in [2.05, 4.69) is 6.58 Å². The third kappa shape index (κ3) is 9.04. The Hall–Kier alpha value is -2.04. The summed E-state index contributed by atoms with van der Waals surface area (Å²) < 4.78 is 65.5. The summed E-state index contributed by atoms with van der Waals surface area (Å²) in [6.07, 6.45) is -3.39. The molecule has 0 N–H and O–H groups in total. The van der Waals surface area contributed by atoms with Crippen LogP contribution in [0.5, 0.6) is 0 Å². The molecular formula is C26H34ClF4NO4S. The first-order valence-electron chi connectivity index (χ1n) is 12.0. The summed E-state index contributed by atoms with van der Waals surface area (Å²) in [6.45, 7) is 13.5. The highest BCUT2D eigenvalue weighted by atomic mass is 35.5. The van der Waals surface area contributed by atoms with Gasteiger partial charge in [-0.15, -0.1) is 11.8 Å². The Kier molecular flexibility index (Phi) is 13.2. The molecule has 1 aromatic rings. The zero-order chi connectivity index (χ0) is 28.5. The van der Waals surface area contributed by atoms with Gasteiger partial charge >= 0.3 is 12.1 Å². The molecule has 2 unspecified atom stereocenters. The molecule has 11 heteroatoms. The Morgan fingerprint density at radius 2 is 1.92 bits per heavy atom. The molecule has 0 bridgehead atoms. The molecule has 0 aromatic heterocycles. The molecule has 1 fully saturated rings. The molecule has 37 heavy (non-hydrogen) atoms. The zero-order valence-electron chi connectivity index (χ0n) is 21.9. The van der Waals surface area contributed by atoms with Crippen molar-refractivity contribution in [1.82, 2.24) is 0 Å². The summed E-state index contributed by atoms with van der Waals surface area (Å²) in [7, 11) is 0. The van der Waals surface area contributed by atoms with E-state index >= 15 is 0 Å². The lowest BCUT2D eigenvalue weighted by Crippen LogP contribution is -2.32. The van der Waals surface area contributed by atoms with Crippen LogP contribution in [0, 0.1) is 5.82 Å². The number of hydrogen-bond acceptors (Lipinski definition) is 5. The summed E-state index contributed by atoms with van der Waals surface area (Å²) in [6, 6.07) is 2.16. The monoisotopic (exact) mass is 567 g/mol. The van der Waals surface area contributed by atoms with Crippen molar-refractivity contribution in [1.29, 1.82) is 0 Å². The van der Waals surface area contributed by atoms with Crippen LogP contribution in [0.25, 0.3) is 0 Å². The number of hydrogen-bond donors (Lipinski definition) is 0. The molecule has 0 spiro atoms. The van der Waals surface area contributed by atoms with Gasteiger partial charge in [-0.1, -0.05) is 39.0 Å². The number of nitrogens with zero attached hydrogens (tertiary/aromatic N) is 1. The molecule has 2 atom stereocenters. The Bertz CT molecular complexity index is 1010. The van der Waals surface area contributed by atoms with E-state index in [-0.39, 0.29) is 40.4 Å². The maximum atomic E-state index is 14.9. The second kappa shape index (κ2) is 14.8. The molecule has 1 aromatic carbocycles. The topological polar surface area (TPSA) is 55.8 Å². The Morgan fingerprint density at radius 1 is 1.30 bits per heavy atom. The Labute approximate surface area is 225 Å². The van der Waals surface area contributed by atoms with Gasteiger partial charge in [-0.3, -0.25) is 14.5 Å². The van der Waals surface area contributed by atoms with Crippen molar-refractivity contribution in [3.8, 4) is 0 Å². The molecule has 0 aliphatic carbocycles. The second-order valence-electron chi connectivity index (χ2n) is 8.09. The maximum absolute atomic E-state index is 14.9. The van der Waals surface area contributed by atoms with Crippen molar-refractivity contribution < 1.29 is 36.6 Å². The number of carbonyl (C=O) groups excluding carboxylic acids is 2. The zero-order valence-corrected chi connectivity index (χ0v) is 23.5. The van der Waals surface area contributed by atoms with E-state index in [1.807, 2.05) is 13.8 Å². The van der Waals surface area contributed by atoms with Crippen LogP contribution in [-0.2, 0) is 19.1 Å². The number of halogens is 5. The number of thioether (sulfide) groups is 1. The molecule has 1 saturated heterocycles. The van der Waals surface area contributed by atoms with Crippen LogP contribution in [0.3, 0.4) is 0 Å². The first-order valence-corrected chi connectivity index (χ1v) is 13.2. The van der Waals surface area contributed by atoms with E-state index in [9.17, 15) is 27.2 Å². The van der Waals surface area contributed by atoms with Gasteiger partial charge in [0.1, 0.15) is 17.7 Å². The van der Waals surface area contributed by atoms with Gasteiger partial charge in [0.15, 0.2) is 0 Å². The van der Waals surface area contributed by atoms with Gasteiger partial charge in [0.05, 0.1) is 16.8 Å². The van der Waals surface area contributed by atoms with E-state index in [0.29, 0.717) is 6.61 Å². The third-order valence-electron chi connectivity index (χ3n) is 5.39. The summed E-state index contributed by atoms with van der Waals surface area (Å²) in [5, 5.41) is -0.762. The van der Waals surface area contributed by atoms with E-state index in [4.69, 9.17) is 21.1 Å². The van der Waals surface area contributed by atoms with Gasteiger partial charge in [-0.2, -0.15) is 13.2 Å². The summed E-state index contributed by atoms with van der Waals surface area (Å²) in [4.78, 5) is 26.5. The number of benzene rings is 1. The first kappa shape index (κ1) is 33.0. The second-order valence-corrected chi connectivity index (χ2v) is 9.88. The lowest BCUT2D eigenvalue weighted by Gasteiger charge is -2.26. The van der Waals surface area contributed by atoms with Gasteiger partial charge in [0.25, 0.3) is 5.91 Å². The summed E-state index contributed by atoms with van der Waals surface area (Å²) in [5.41, 5.74) is -1.90. The average Bonchev–Trinajstić information content (AvgIpc) is 3.35. The van der Waals surface area contributed by atoms with Crippen LogP contribution < -0.4 is 4.90 Å². The smallest absolute Gasteiger partial charge is 0.412 e. The maximum Gasteiger partial charge on any atom is 0.412 e. The van der Waals surface area contributed by atoms with Crippen LogP contribution in [0.2, 0.25) is 5.02 Å². The lowest BCUT2D eigenvalue weighted by atomic mass is 10.0. The molecule has 1 heterocycles. The van der Waals surface area contributed by atoms with Crippen LogP contribution >= 0.6 is 23.4 Å². The standard InChI is InChI=1S/C24H28ClF4NO4S.C2H6/c1-6-17(14(4)24(27,28)29)22(31)30(13(2)3)20-11-21(18(25)10-19(20)26)35-15(5)23(32)34-12-16-8-7-9-33-16;1-2/h10-11,15-16H,2,6-9,12H2,1,3-5H3;1-2H3/b17-14+;. The Balaban J connectivity index is 0.00000334. The van der Waals surface area contributed by atoms with Crippen molar-refractivity contribution in [2.24, 2.45) is 0 Å². The van der Waals surface area contributed by atoms with Crippen molar-refractivity contribution in [3.05, 3.63) is 46.4 Å². The molecule has 1 aliphatic heterocycles. The van der Waals surface area contributed by atoms with Crippen LogP contribution in [0.15, 0.2) is 40.5 Å². The molecule has 208 valence electrons. The highest BCUT2D eigenvalue weighted by molar-refractivity contribution is 8.00. The number of anilines is 1. The number of allylic oxidation sites excluding steroid dienone is 2. The van der Waals surface area contributed by atoms with Gasteiger partial charge in [-0.25, -0.2) is 4.39 Å². The van der Waals surface area contributed by atoms with Crippen molar-refractivity contribution in [2.75, 3.05) is 18.1 Å². The largest absolute Gasteiger partial charge is 0.462 e. The van der Waals surface area contributed by atoms with Crippen LogP contribution in [-0.4, -0.2) is 42.6 Å². The van der Waals surface area contributed by atoms with E-state index < -0.39 is 40.3 Å². The highest BCUT2D eigenvalue weighted by Gasteiger charge is 2.36. The molecule has 1 amide bonds. The highest BCUT2D eigenvalue weighted by Crippen LogP contribution is 2.38. The average molecular weight is 568 g/mol. The molecule has 0 saturated carbocycles.